The molecule has 3 unspecified atom stereocenters. The van der Waals surface area contributed by atoms with Crippen molar-refractivity contribution in [3.05, 3.63) is 59.7 Å². The molecule has 0 fully saturated rings. The highest BCUT2D eigenvalue weighted by atomic mass is 16.7. The number of phenols is 1. The first-order valence-corrected chi connectivity index (χ1v) is 9.60. The van der Waals surface area contributed by atoms with Crippen molar-refractivity contribution in [2.75, 3.05) is 0 Å². The third kappa shape index (κ3) is 6.06. The highest BCUT2D eigenvalue weighted by Crippen LogP contribution is 2.33. The van der Waals surface area contributed by atoms with Gasteiger partial charge in [-0.1, -0.05) is 38.1 Å². The van der Waals surface area contributed by atoms with Crippen LogP contribution in [-0.2, 0) is 4.74 Å². The topological polar surface area (TPSA) is 38.7 Å². The van der Waals surface area contributed by atoms with Gasteiger partial charge in [0.1, 0.15) is 11.5 Å². The van der Waals surface area contributed by atoms with Crippen LogP contribution in [0.25, 0.3) is 0 Å². The molecule has 0 saturated carbocycles. The zero-order valence-electron chi connectivity index (χ0n) is 16.6. The van der Waals surface area contributed by atoms with Crippen molar-refractivity contribution in [1.82, 2.24) is 0 Å². The van der Waals surface area contributed by atoms with E-state index in [9.17, 15) is 5.11 Å². The van der Waals surface area contributed by atoms with Gasteiger partial charge in [-0.3, -0.25) is 0 Å². The summed E-state index contributed by atoms with van der Waals surface area (Å²) < 4.78 is 11.4. The van der Waals surface area contributed by atoms with Gasteiger partial charge in [-0.2, -0.15) is 0 Å². The van der Waals surface area contributed by atoms with Gasteiger partial charge in [-0.25, -0.2) is 0 Å². The lowest BCUT2D eigenvalue weighted by Gasteiger charge is -2.21. The first-order chi connectivity index (χ1) is 12.4. The van der Waals surface area contributed by atoms with Crippen LogP contribution in [0.15, 0.2) is 48.5 Å². The monoisotopic (exact) mass is 356 g/mol. The van der Waals surface area contributed by atoms with Crippen molar-refractivity contribution in [3.8, 4) is 11.5 Å². The minimum absolute atomic E-state index is 0.148. The molecule has 142 valence electrons. The molecule has 0 heterocycles. The number of aromatic hydroxyl groups is 1. The summed E-state index contributed by atoms with van der Waals surface area (Å²) in [6.07, 6.45) is 2.06. The van der Waals surface area contributed by atoms with Gasteiger partial charge in [0.25, 0.3) is 0 Å². The highest BCUT2D eigenvalue weighted by molar-refractivity contribution is 5.31. The SMILES string of the molecule is CCC(CC(C)c1ccc(OC(C)OC(C)C)cc1)c1ccc(O)cc1. The molecule has 0 bridgehead atoms. The fourth-order valence-corrected chi connectivity index (χ4v) is 3.33. The average molecular weight is 357 g/mol. The van der Waals surface area contributed by atoms with E-state index in [1.165, 1.54) is 11.1 Å². The van der Waals surface area contributed by atoms with Gasteiger partial charge in [0.2, 0.25) is 0 Å². The Balaban J connectivity index is 1.97. The minimum atomic E-state index is -0.253. The fraction of sp³-hybridized carbons (Fsp3) is 0.478. The Morgan fingerprint density at radius 1 is 0.846 bits per heavy atom. The molecule has 3 atom stereocenters. The predicted molar refractivity (Wildman–Crippen MR) is 107 cm³/mol. The first kappa shape index (κ1) is 20.3. The third-order valence-corrected chi connectivity index (χ3v) is 4.71. The lowest BCUT2D eigenvalue weighted by Crippen LogP contribution is -2.20. The summed E-state index contributed by atoms with van der Waals surface area (Å²) in [5.74, 6) is 2.09. The van der Waals surface area contributed by atoms with Gasteiger partial charge >= 0.3 is 0 Å². The Labute approximate surface area is 158 Å². The van der Waals surface area contributed by atoms with Crippen molar-refractivity contribution >= 4 is 0 Å². The number of ether oxygens (including phenoxy) is 2. The van der Waals surface area contributed by atoms with Gasteiger partial charge in [0.05, 0.1) is 6.10 Å². The summed E-state index contributed by atoms with van der Waals surface area (Å²) in [7, 11) is 0. The molecule has 3 nitrogen and oxygen atoms in total. The van der Waals surface area contributed by atoms with Gasteiger partial charge in [-0.15, -0.1) is 0 Å². The van der Waals surface area contributed by atoms with E-state index in [0.717, 1.165) is 18.6 Å². The molecule has 0 aromatic heterocycles. The van der Waals surface area contributed by atoms with Crippen LogP contribution in [0.1, 0.15) is 70.4 Å². The Hall–Kier alpha value is -2.00. The number of hydrogen-bond donors (Lipinski definition) is 1. The maximum Gasteiger partial charge on any atom is 0.197 e. The molecule has 2 aromatic carbocycles. The molecule has 0 aliphatic carbocycles. The maximum atomic E-state index is 9.49. The number of hydrogen-bond acceptors (Lipinski definition) is 3. The predicted octanol–water partition coefficient (Wildman–Crippen LogP) is 6.23. The van der Waals surface area contributed by atoms with Gasteiger partial charge in [-0.05, 0) is 80.8 Å². The highest BCUT2D eigenvalue weighted by Gasteiger charge is 2.16. The lowest BCUT2D eigenvalue weighted by molar-refractivity contribution is -0.0950. The molecule has 0 saturated heterocycles. The van der Waals surface area contributed by atoms with Crippen LogP contribution in [-0.4, -0.2) is 17.5 Å². The molecule has 26 heavy (non-hydrogen) atoms. The Bertz CT molecular complexity index is 646. The fourth-order valence-electron chi connectivity index (χ4n) is 3.33. The van der Waals surface area contributed by atoms with Gasteiger partial charge in [0, 0.05) is 0 Å². The molecular formula is C23H32O3. The molecule has 2 rings (SSSR count). The number of benzene rings is 2. The summed E-state index contributed by atoms with van der Waals surface area (Å²) in [5, 5.41) is 9.49. The minimum Gasteiger partial charge on any atom is -0.508 e. The van der Waals surface area contributed by atoms with E-state index in [1.807, 2.05) is 45.0 Å². The third-order valence-electron chi connectivity index (χ3n) is 4.71. The second-order valence-electron chi connectivity index (χ2n) is 7.27. The Morgan fingerprint density at radius 3 is 1.96 bits per heavy atom. The van der Waals surface area contributed by atoms with Gasteiger partial charge in [0.15, 0.2) is 6.29 Å². The molecule has 3 heteroatoms. The van der Waals surface area contributed by atoms with Crippen LogP contribution in [0.2, 0.25) is 0 Å². The summed E-state index contributed by atoms with van der Waals surface area (Å²) in [6.45, 7) is 10.4. The van der Waals surface area contributed by atoms with Crippen LogP contribution in [0.4, 0.5) is 0 Å². The smallest absolute Gasteiger partial charge is 0.197 e. The normalized spacial score (nSPS) is 14.8. The molecule has 0 aliphatic rings. The summed E-state index contributed by atoms with van der Waals surface area (Å²) >= 11 is 0. The average Bonchev–Trinajstić information content (AvgIpc) is 2.60. The van der Waals surface area contributed by atoms with Gasteiger partial charge < -0.3 is 14.6 Å². The molecule has 0 amide bonds. The maximum absolute atomic E-state index is 9.49. The molecular weight excluding hydrogens is 324 g/mol. The van der Waals surface area contributed by atoms with Crippen LogP contribution >= 0.6 is 0 Å². The van der Waals surface area contributed by atoms with E-state index in [4.69, 9.17) is 9.47 Å². The number of rotatable bonds is 9. The van der Waals surface area contributed by atoms with Crippen molar-refractivity contribution in [2.24, 2.45) is 0 Å². The lowest BCUT2D eigenvalue weighted by atomic mass is 9.84. The molecule has 0 spiro atoms. The Morgan fingerprint density at radius 2 is 1.42 bits per heavy atom. The zero-order chi connectivity index (χ0) is 19.1. The second-order valence-corrected chi connectivity index (χ2v) is 7.27. The van der Waals surface area contributed by atoms with Crippen LogP contribution < -0.4 is 4.74 Å². The number of phenolic OH excluding ortho intramolecular Hbond substituents is 1. The van der Waals surface area contributed by atoms with E-state index in [2.05, 4.69) is 26.0 Å². The molecule has 0 aliphatic heterocycles. The van der Waals surface area contributed by atoms with Crippen molar-refractivity contribution < 1.29 is 14.6 Å². The quantitative estimate of drug-likeness (QED) is 0.541. The first-order valence-electron chi connectivity index (χ1n) is 9.60. The van der Waals surface area contributed by atoms with Crippen molar-refractivity contribution in [3.63, 3.8) is 0 Å². The summed E-state index contributed by atoms with van der Waals surface area (Å²) in [6, 6.07) is 15.9. The van der Waals surface area contributed by atoms with E-state index in [-0.39, 0.29) is 12.4 Å². The van der Waals surface area contributed by atoms with E-state index < -0.39 is 0 Å². The van der Waals surface area contributed by atoms with E-state index >= 15 is 0 Å². The van der Waals surface area contributed by atoms with E-state index in [0.29, 0.717) is 17.6 Å². The van der Waals surface area contributed by atoms with Crippen molar-refractivity contribution in [2.45, 2.75) is 71.7 Å². The van der Waals surface area contributed by atoms with Crippen LogP contribution in [0, 0.1) is 0 Å². The molecule has 1 N–H and O–H groups in total. The second kappa shape index (κ2) is 9.63. The van der Waals surface area contributed by atoms with Crippen LogP contribution in [0.3, 0.4) is 0 Å². The summed E-state index contributed by atoms with van der Waals surface area (Å²) in [5.41, 5.74) is 2.60. The van der Waals surface area contributed by atoms with E-state index in [1.54, 1.807) is 12.1 Å². The standard InChI is InChI=1S/C23H32O3/c1-6-19(21-7-11-22(24)12-8-21)15-17(4)20-9-13-23(14-10-20)26-18(5)25-16(2)3/h7-14,16-19,24H,6,15H2,1-5H3. The van der Waals surface area contributed by atoms with Crippen molar-refractivity contribution in [1.29, 1.82) is 0 Å². The molecule has 0 radical (unpaired) electrons. The largest absolute Gasteiger partial charge is 0.508 e. The van der Waals surface area contributed by atoms with Crippen LogP contribution in [0.5, 0.6) is 11.5 Å². The molecule has 2 aromatic rings. The zero-order valence-corrected chi connectivity index (χ0v) is 16.6. The summed E-state index contributed by atoms with van der Waals surface area (Å²) in [4.78, 5) is 0. The Kier molecular flexibility index (Phi) is 7.52.